The molecule has 0 amide bonds. The summed E-state index contributed by atoms with van der Waals surface area (Å²) < 4.78 is 19.5. The Morgan fingerprint density at radius 2 is 2.29 bits per heavy atom. The number of ether oxygens (including phenoxy) is 1. The molecule has 0 aliphatic heterocycles. The second-order valence-corrected chi connectivity index (χ2v) is 5.57. The van der Waals surface area contributed by atoms with Gasteiger partial charge in [0, 0.05) is 5.56 Å². The van der Waals surface area contributed by atoms with Gasteiger partial charge in [-0.3, -0.25) is 0 Å². The van der Waals surface area contributed by atoms with Crippen molar-refractivity contribution in [1.82, 2.24) is 4.98 Å². The number of rotatable bonds is 3. The molecule has 0 unspecified atom stereocenters. The lowest BCUT2D eigenvalue weighted by Gasteiger charge is -2.05. The van der Waals surface area contributed by atoms with E-state index in [1.54, 1.807) is 12.1 Å². The van der Waals surface area contributed by atoms with E-state index in [-0.39, 0.29) is 5.75 Å². The van der Waals surface area contributed by atoms with Crippen LogP contribution in [0.1, 0.15) is 6.92 Å². The third kappa shape index (κ3) is 2.58. The number of thiazole rings is 1. The molecule has 6 heteroatoms. The van der Waals surface area contributed by atoms with Gasteiger partial charge >= 0.3 is 0 Å². The number of nitrogen functional groups attached to an aromatic ring is 1. The Kier molecular flexibility index (Phi) is 3.63. The van der Waals surface area contributed by atoms with Crippen molar-refractivity contribution in [3.63, 3.8) is 0 Å². The molecule has 0 atom stereocenters. The van der Waals surface area contributed by atoms with Gasteiger partial charge in [0.15, 0.2) is 11.6 Å². The molecule has 0 spiro atoms. The van der Waals surface area contributed by atoms with Crippen LogP contribution in [0, 0.1) is 5.82 Å². The van der Waals surface area contributed by atoms with E-state index >= 15 is 0 Å². The van der Waals surface area contributed by atoms with E-state index in [1.165, 1.54) is 17.4 Å². The lowest BCUT2D eigenvalue weighted by Crippen LogP contribution is -1.94. The van der Waals surface area contributed by atoms with Crippen molar-refractivity contribution in [2.45, 2.75) is 6.92 Å². The molecule has 0 fully saturated rings. The molecule has 0 aliphatic rings. The standard InChI is InChI=1S/C11H10BrFN2OS/c1-2-16-8-4-3-6(5-7(8)13)11-15-10(14)9(12)17-11/h3-5H,2,14H2,1H3. The highest BCUT2D eigenvalue weighted by molar-refractivity contribution is 9.11. The van der Waals surface area contributed by atoms with E-state index < -0.39 is 5.82 Å². The first kappa shape index (κ1) is 12.3. The predicted molar refractivity (Wildman–Crippen MR) is 70.8 cm³/mol. The smallest absolute Gasteiger partial charge is 0.165 e. The average molecular weight is 317 g/mol. The van der Waals surface area contributed by atoms with Crippen molar-refractivity contribution in [3.8, 4) is 16.3 Å². The SMILES string of the molecule is CCOc1ccc(-c2nc(N)c(Br)s2)cc1F. The first-order valence-electron chi connectivity index (χ1n) is 4.96. The van der Waals surface area contributed by atoms with Crippen molar-refractivity contribution in [2.24, 2.45) is 0 Å². The van der Waals surface area contributed by atoms with Crippen LogP contribution in [0.25, 0.3) is 10.6 Å². The van der Waals surface area contributed by atoms with Crippen LogP contribution in [0.2, 0.25) is 0 Å². The van der Waals surface area contributed by atoms with Gasteiger partial charge in [-0.05, 0) is 41.1 Å². The van der Waals surface area contributed by atoms with Gasteiger partial charge in [-0.15, -0.1) is 11.3 Å². The van der Waals surface area contributed by atoms with Gasteiger partial charge in [0.05, 0.1) is 6.61 Å². The van der Waals surface area contributed by atoms with E-state index in [2.05, 4.69) is 20.9 Å². The Bertz CT molecular complexity index is 525. The van der Waals surface area contributed by atoms with Crippen molar-refractivity contribution in [2.75, 3.05) is 12.3 Å². The van der Waals surface area contributed by atoms with Gasteiger partial charge in [-0.1, -0.05) is 0 Å². The summed E-state index contributed by atoms with van der Waals surface area (Å²) in [5, 5.41) is 0.677. The fraction of sp³-hybridized carbons (Fsp3) is 0.182. The molecule has 3 nitrogen and oxygen atoms in total. The number of nitrogens with two attached hydrogens (primary N) is 1. The Labute approximate surface area is 111 Å². The first-order valence-corrected chi connectivity index (χ1v) is 6.57. The van der Waals surface area contributed by atoms with Gasteiger partial charge in [0.1, 0.15) is 14.6 Å². The Morgan fingerprint density at radius 3 is 2.82 bits per heavy atom. The molecule has 17 heavy (non-hydrogen) atoms. The number of hydrogen-bond donors (Lipinski definition) is 1. The Hall–Kier alpha value is -1.14. The molecule has 0 saturated carbocycles. The number of hydrogen-bond acceptors (Lipinski definition) is 4. The minimum absolute atomic E-state index is 0.250. The summed E-state index contributed by atoms with van der Waals surface area (Å²) in [6, 6.07) is 4.76. The molecular formula is C11H10BrFN2OS. The van der Waals surface area contributed by atoms with Gasteiger partial charge < -0.3 is 10.5 Å². The highest BCUT2D eigenvalue weighted by Crippen LogP contribution is 2.34. The molecular weight excluding hydrogens is 307 g/mol. The van der Waals surface area contributed by atoms with E-state index in [1.807, 2.05) is 6.92 Å². The van der Waals surface area contributed by atoms with Crippen LogP contribution in [0.15, 0.2) is 22.0 Å². The van der Waals surface area contributed by atoms with Crippen LogP contribution >= 0.6 is 27.3 Å². The summed E-state index contributed by atoms with van der Waals surface area (Å²) in [6.07, 6.45) is 0. The van der Waals surface area contributed by atoms with Crippen molar-refractivity contribution in [3.05, 3.63) is 27.8 Å². The number of nitrogens with zero attached hydrogens (tertiary/aromatic N) is 1. The molecule has 0 aliphatic carbocycles. The van der Waals surface area contributed by atoms with Crippen molar-refractivity contribution < 1.29 is 9.13 Å². The molecule has 2 N–H and O–H groups in total. The molecule has 1 aromatic heterocycles. The van der Waals surface area contributed by atoms with Crippen molar-refractivity contribution in [1.29, 1.82) is 0 Å². The summed E-state index contributed by atoms with van der Waals surface area (Å²) in [6.45, 7) is 2.25. The third-order valence-corrected chi connectivity index (χ3v) is 3.89. The Balaban J connectivity index is 2.37. The quantitative estimate of drug-likeness (QED) is 0.939. The number of aromatic nitrogens is 1. The molecule has 2 rings (SSSR count). The molecule has 0 saturated heterocycles. The van der Waals surface area contributed by atoms with Crippen LogP contribution in [0.4, 0.5) is 10.2 Å². The maximum atomic E-state index is 13.6. The average Bonchev–Trinajstić information content (AvgIpc) is 2.62. The second kappa shape index (κ2) is 5.01. The number of anilines is 1. The lowest BCUT2D eigenvalue weighted by atomic mass is 10.2. The summed E-state index contributed by atoms with van der Waals surface area (Å²) in [5.74, 6) is 0.272. The monoisotopic (exact) mass is 316 g/mol. The predicted octanol–water partition coefficient (Wildman–Crippen LogP) is 3.69. The molecule has 2 aromatic rings. The highest BCUT2D eigenvalue weighted by Gasteiger charge is 2.11. The normalized spacial score (nSPS) is 10.5. The minimum atomic E-state index is -0.394. The maximum absolute atomic E-state index is 13.6. The van der Waals surface area contributed by atoms with Gasteiger partial charge in [0.2, 0.25) is 0 Å². The lowest BCUT2D eigenvalue weighted by molar-refractivity contribution is 0.321. The summed E-state index contributed by atoms with van der Waals surface area (Å²) >= 11 is 4.65. The van der Waals surface area contributed by atoms with E-state index in [0.29, 0.717) is 23.0 Å². The molecule has 0 radical (unpaired) electrons. The zero-order valence-electron chi connectivity index (χ0n) is 9.04. The summed E-state index contributed by atoms with van der Waals surface area (Å²) in [5.41, 5.74) is 6.32. The van der Waals surface area contributed by atoms with Gasteiger partial charge in [-0.25, -0.2) is 9.37 Å². The summed E-state index contributed by atoms with van der Waals surface area (Å²) in [7, 11) is 0. The third-order valence-electron chi connectivity index (χ3n) is 2.09. The maximum Gasteiger partial charge on any atom is 0.165 e. The fourth-order valence-electron chi connectivity index (χ4n) is 1.34. The van der Waals surface area contributed by atoms with Crippen molar-refractivity contribution >= 4 is 33.1 Å². The molecule has 1 aromatic carbocycles. The molecule has 1 heterocycles. The van der Waals surface area contributed by atoms with E-state index in [9.17, 15) is 4.39 Å². The molecule has 0 bridgehead atoms. The Morgan fingerprint density at radius 1 is 1.53 bits per heavy atom. The highest BCUT2D eigenvalue weighted by atomic mass is 79.9. The fourth-order valence-corrected chi connectivity index (χ4v) is 2.60. The van der Waals surface area contributed by atoms with E-state index in [0.717, 1.165) is 3.79 Å². The topological polar surface area (TPSA) is 48.1 Å². The second-order valence-electron chi connectivity index (χ2n) is 3.26. The van der Waals surface area contributed by atoms with E-state index in [4.69, 9.17) is 10.5 Å². The van der Waals surface area contributed by atoms with Crippen LogP contribution < -0.4 is 10.5 Å². The van der Waals surface area contributed by atoms with Gasteiger partial charge in [0.25, 0.3) is 0 Å². The zero-order valence-corrected chi connectivity index (χ0v) is 11.4. The largest absolute Gasteiger partial charge is 0.491 e. The number of halogens is 2. The first-order chi connectivity index (χ1) is 8.11. The van der Waals surface area contributed by atoms with Crippen LogP contribution in [-0.2, 0) is 0 Å². The zero-order chi connectivity index (χ0) is 12.4. The van der Waals surface area contributed by atoms with Crippen LogP contribution in [-0.4, -0.2) is 11.6 Å². The molecule has 90 valence electrons. The summed E-state index contributed by atoms with van der Waals surface area (Å²) in [4.78, 5) is 4.14. The van der Waals surface area contributed by atoms with Crippen LogP contribution in [0.3, 0.4) is 0 Å². The van der Waals surface area contributed by atoms with Gasteiger partial charge in [-0.2, -0.15) is 0 Å². The minimum Gasteiger partial charge on any atom is -0.491 e. The van der Waals surface area contributed by atoms with Crippen LogP contribution in [0.5, 0.6) is 5.75 Å². The number of benzene rings is 1.